The number of amides is 2. The van der Waals surface area contributed by atoms with E-state index in [2.05, 4.69) is 16.4 Å². The van der Waals surface area contributed by atoms with Crippen molar-refractivity contribution < 1.29 is 23.5 Å². The Morgan fingerprint density at radius 2 is 1.62 bits per heavy atom. The summed E-state index contributed by atoms with van der Waals surface area (Å²) in [5, 5.41) is 18.9. The summed E-state index contributed by atoms with van der Waals surface area (Å²) in [6, 6.07) is 33.2. The van der Waals surface area contributed by atoms with E-state index in [1.807, 2.05) is 110 Å². The smallest absolute Gasteiger partial charge is 0.264 e. The number of nitrogens with zero attached hydrogens (tertiary/aromatic N) is 5. The molecule has 8 rings (SSSR count). The third-order valence-corrected chi connectivity index (χ3v) is 13.9. The molecule has 1 spiro atoms. The molecule has 1 unspecified atom stereocenters. The van der Waals surface area contributed by atoms with Gasteiger partial charge in [-0.2, -0.15) is 0 Å². The summed E-state index contributed by atoms with van der Waals surface area (Å²) in [5.74, 6) is -0.838. The normalized spacial score (nSPS) is 23.1. The molecule has 3 aliphatic heterocycles. The zero-order valence-corrected chi connectivity index (χ0v) is 31.2. The first kappa shape index (κ1) is 35.1. The minimum Gasteiger partial charge on any atom is -0.395 e. The van der Waals surface area contributed by atoms with Gasteiger partial charge < -0.3 is 18.9 Å². The molecule has 1 saturated heterocycles. The number of para-hydroxylation sites is 2. The number of aromatic nitrogens is 3. The molecular formula is C42H44FN5O4Si. The second kappa shape index (κ2) is 13.8. The number of hydrogen-bond donors (Lipinski definition) is 1. The molecule has 4 aromatic carbocycles. The third-order valence-electron chi connectivity index (χ3n) is 11.4. The standard InChI is InChI=1S/C42H44FN5O4Si/c1-28-40(53(2,3)43)38(23-24-46-26-35(44-45-46)33(27-49)30-11-5-4-6-12-30)52-42(28)34-14-8-10-16-37(34)47(41(42)51)25-29-17-20-32(21-18-29)48-36-15-9-7-13-31(36)19-22-39(48)50/h4-18,20-21,26,28,33,38,40,49H,19,22-25,27H2,1-3H3/t28-,33?,38+,40-,42+/m1/s1. The fraction of sp³-hybridized carbons (Fsp3) is 0.333. The average molecular weight is 730 g/mol. The van der Waals surface area contributed by atoms with Crippen LogP contribution in [-0.4, -0.2) is 53.0 Å². The summed E-state index contributed by atoms with van der Waals surface area (Å²) >= 11 is 0. The van der Waals surface area contributed by atoms with Gasteiger partial charge in [0.1, 0.15) is 0 Å². The maximum atomic E-state index is 16.4. The second-order valence-electron chi connectivity index (χ2n) is 15.0. The Morgan fingerprint density at radius 1 is 0.925 bits per heavy atom. The van der Waals surface area contributed by atoms with Crippen molar-refractivity contribution in [3.05, 3.63) is 137 Å². The molecule has 1 N–H and O–H groups in total. The molecule has 2 amide bonds. The van der Waals surface area contributed by atoms with E-state index in [4.69, 9.17) is 4.74 Å². The lowest BCUT2D eigenvalue weighted by atomic mass is 9.82. The fourth-order valence-corrected chi connectivity index (χ4v) is 11.5. The van der Waals surface area contributed by atoms with Gasteiger partial charge in [-0.05, 0) is 66.9 Å². The minimum absolute atomic E-state index is 0.0589. The molecule has 5 atom stereocenters. The van der Waals surface area contributed by atoms with Crippen molar-refractivity contribution in [2.75, 3.05) is 16.4 Å². The molecule has 0 bridgehead atoms. The van der Waals surface area contributed by atoms with Crippen molar-refractivity contribution in [1.29, 1.82) is 0 Å². The van der Waals surface area contributed by atoms with E-state index in [1.54, 1.807) is 27.6 Å². The van der Waals surface area contributed by atoms with Gasteiger partial charge in [0.2, 0.25) is 14.3 Å². The number of anilines is 3. The second-order valence-corrected chi connectivity index (χ2v) is 18.8. The van der Waals surface area contributed by atoms with Crippen LogP contribution >= 0.6 is 0 Å². The summed E-state index contributed by atoms with van der Waals surface area (Å²) in [5.41, 5.74) is 5.12. The van der Waals surface area contributed by atoms with Crippen LogP contribution in [0, 0.1) is 5.92 Å². The largest absolute Gasteiger partial charge is 0.395 e. The lowest BCUT2D eigenvalue weighted by molar-refractivity contribution is -0.146. The summed E-state index contributed by atoms with van der Waals surface area (Å²) in [6.07, 6.45) is 2.94. The van der Waals surface area contributed by atoms with Gasteiger partial charge in [0.25, 0.3) is 5.91 Å². The number of hydrogen-bond acceptors (Lipinski definition) is 6. The highest BCUT2D eigenvalue weighted by Crippen LogP contribution is 2.60. The van der Waals surface area contributed by atoms with Crippen LogP contribution in [0.15, 0.2) is 109 Å². The van der Waals surface area contributed by atoms with E-state index in [-0.39, 0.29) is 24.3 Å². The zero-order chi connectivity index (χ0) is 36.9. The van der Waals surface area contributed by atoms with Crippen molar-refractivity contribution in [3.63, 3.8) is 0 Å². The van der Waals surface area contributed by atoms with E-state index >= 15 is 4.11 Å². The summed E-state index contributed by atoms with van der Waals surface area (Å²) < 4.78 is 25.1. The Morgan fingerprint density at radius 3 is 2.36 bits per heavy atom. The van der Waals surface area contributed by atoms with Crippen molar-refractivity contribution in [1.82, 2.24) is 15.0 Å². The molecule has 11 heteroatoms. The van der Waals surface area contributed by atoms with E-state index < -0.39 is 31.6 Å². The van der Waals surface area contributed by atoms with Crippen molar-refractivity contribution in [3.8, 4) is 0 Å². The summed E-state index contributed by atoms with van der Waals surface area (Å²) in [7, 11) is -3.35. The molecule has 0 aliphatic carbocycles. The average Bonchev–Trinajstić information content (AvgIpc) is 3.82. The van der Waals surface area contributed by atoms with Gasteiger partial charge in [-0.25, -0.2) is 0 Å². The molecule has 272 valence electrons. The number of fused-ring (bicyclic) bond motifs is 3. The molecule has 0 saturated carbocycles. The van der Waals surface area contributed by atoms with Crippen LogP contribution in [0.2, 0.25) is 18.6 Å². The van der Waals surface area contributed by atoms with Crippen molar-refractivity contribution in [2.24, 2.45) is 5.92 Å². The first-order valence-electron chi connectivity index (χ1n) is 18.4. The molecule has 4 heterocycles. The number of rotatable bonds is 10. The van der Waals surface area contributed by atoms with Crippen LogP contribution in [-0.2, 0) is 39.4 Å². The number of carbonyl (C=O) groups excluding carboxylic acids is 2. The SMILES string of the molecule is C[C@@H]1[C@@H]([Si](C)(C)F)[C@H](CCn2cc(C(CO)c3ccccc3)nn2)O[C@@]12C(=O)N(Cc1ccc(N3C(=O)CCc4ccccc43)cc1)c1ccccc12. The Bertz CT molecular complexity index is 2140. The van der Waals surface area contributed by atoms with Crippen LogP contribution in [0.1, 0.15) is 53.6 Å². The van der Waals surface area contributed by atoms with Crippen LogP contribution in [0.3, 0.4) is 0 Å². The zero-order valence-electron chi connectivity index (χ0n) is 30.2. The monoisotopic (exact) mass is 729 g/mol. The van der Waals surface area contributed by atoms with Crippen LogP contribution in [0.25, 0.3) is 0 Å². The minimum atomic E-state index is -3.35. The Kier molecular flexibility index (Phi) is 9.12. The molecule has 9 nitrogen and oxygen atoms in total. The van der Waals surface area contributed by atoms with Gasteiger partial charge >= 0.3 is 0 Å². The maximum Gasteiger partial charge on any atom is 0.264 e. The molecule has 0 radical (unpaired) electrons. The highest BCUT2D eigenvalue weighted by atomic mass is 28.4. The van der Waals surface area contributed by atoms with Crippen molar-refractivity contribution >= 4 is 37.3 Å². The third kappa shape index (κ3) is 6.10. The fourth-order valence-electron chi connectivity index (χ4n) is 8.97. The summed E-state index contributed by atoms with van der Waals surface area (Å²) in [4.78, 5) is 31.4. The first-order chi connectivity index (χ1) is 25.6. The molecule has 53 heavy (non-hydrogen) atoms. The Labute approximate surface area is 310 Å². The van der Waals surface area contributed by atoms with Crippen LogP contribution in [0.4, 0.5) is 21.2 Å². The lowest BCUT2D eigenvalue weighted by Gasteiger charge is -2.31. The van der Waals surface area contributed by atoms with E-state index in [9.17, 15) is 14.7 Å². The molecule has 5 aromatic rings. The van der Waals surface area contributed by atoms with Crippen molar-refractivity contribution in [2.45, 2.75) is 75.5 Å². The highest BCUT2D eigenvalue weighted by molar-refractivity contribution is 6.72. The van der Waals surface area contributed by atoms with E-state index in [0.29, 0.717) is 31.6 Å². The molecule has 1 aromatic heterocycles. The highest BCUT2D eigenvalue weighted by Gasteiger charge is 2.66. The van der Waals surface area contributed by atoms with E-state index in [0.717, 1.165) is 45.7 Å². The van der Waals surface area contributed by atoms with Crippen LogP contribution in [0.5, 0.6) is 0 Å². The van der Waals surface area contributed by atoms with Crippen LogP contribution < -0.4 is 9.80 Å². The molecule has 1 fully saturated rings. The number of carbonyl (C=O) groups is 2. The topological polar surface area (TPSA) is 101 Å². The number of aryl methyl sites for hydroxylation is 2. The number of ether oxygens (including phenoxy) is 1. The van der Waals surface area contributed by atoms with Gasteiger partial charge in [0.05, 0.1) is 42.2 Å². The van der Waals surface area contributed by atoms with Gasteiger partial charge in [-0.1, -0.05) is 91.0 Å². The summed E-state index contributed by atoms with van der Waals surface area (Å²) in [6.45, 7) is 6.01. The Hall–Kier alpha value is -4.97. The van der Waals surface area contributed by atoms with Gasteiger partial charge in [0.15, 0.2) is 5.60 Å². The van der Waals surface area contributed by atoms with Gasteiger partial charge in [-0.15, -0.1) is 5.10 Å². The number of aliphatic hydroxyl groups excluding tert-OH is 1. The molecule has 3 aliphatic rings. The maximum absolute atomic E-state index is 16.4. The first-order valence-corrected chi connectivity index (χ1v) is 21.4. The predicted octanol–water partition coefficient (Wildman–Crippen LogP) is 7.43. The molecular weight excluding hydrogens is 686 g/mol. The lowest BCUT2D eigenvalue weighted by Crippen LogP contribution is -2.45. The quantitative estimate of drug-likeness (QED) is 0.119. The predicted molar refractivity (Wildman–Crippen MR) is 204 cm³/mol. The van der Waals surface area contributed by atoms with E-state index in [1.165, 1.54) is 0 Å². The number of benzene rings is 4. The van der Waals surface area contributed by atoms with Gasteiger partial charge in [-0.3, -0.25) is 19.2 Å². The number of halogens is 1. The van der Waals surface area contributed by atoms with Gasteiger partial charge in [0, 0.05) is 41.9 Å². The Balaban J connectivity index is 1.04. The number of aliphatic hydroxyl groups is 1.